The summed E-state index contributed by atoms with van der Waals surface area (Å²) in [6, 6.07) is 13.8. The van der Waals surface area contributed by atoms with Gasteiger partial charge in [0.2, 0.25) is 15.9 Å². The van der Waals surface area contributed by atoms with Crippen molar-refractivity contribution in [3.63, 3.8) is 0 Å². The molecule has 6 nitrogen and oxygen atoms in total. The number of amides is 1. The maximum absolute atomic E-state index is 12.8. The predicted molar refractivity (Wildman–Crippen MR) is 116 cm³/mol. The number of halogens is 1. The first-order valence-corrected chi connectivity index (χ1v) is 11.4. The van der Waals surface area contributed by atoms with Crippen molar-refractivity contribution >= 4 is 33.2 Å². The van der Waals surface area contributed by atoms with Crippen molar-refractivity contribution in [1.29, 1.82) is 0 Å². The second-order valence-electron chi connectivity index (χ2n) is 7.75. The van der Waals surface area contributed by atoms with Gasteiger partial charge >= 0.3 is 0 Å². The first-order valence-electron chi connectivity index (χ1n) is 9.58. The second kappa shape index (κ2) is 8.44. The van der Waals surface area contributed by atoms with Gasteiger partial charge in [-0.15, -0.1) is 0 Å². The number of piperidine rings is 1. The monoisotopic (exact) mass is 435 g/mol. The van der Waals surface area contributed by atoms with Crippen LogP contribution in [-0.2, 0) is 14.8 Å². The minimum Gasteiger partial charge on any atom is -0.324 e. The number of nitrogens with one attached hydrogen (secondary N) is 1. The van der Waals surface area contributed by atoms with E-state index in [0.717, 1.165) is 0 Å². The van der Waals surface area contributed by atoms with E-state index in [1.165, 1.54) is 22.0 Å². The Bertz CT molecular complexity index is 982. The highest BCUT2D eigenvalue weighted by Gasteiger charge is 2.41. The molecule has 0 atom stereocenters. The number of sulfonamides is 1. The Morgan fingerprint density at radius 2 is 1.76 bits per heavy atom. The Labute approximate surface area is 177 Å². The van der Waals surface area contributed by atoms with Gasteiger partial charge < -0.3 is 11.1 Å². The van der Waals surface area contributed by atoms with E-state index in [-0.39, 0.29) is 36.7 Å². The third-order valence-electron chi connectivity index (χ3n) is 5.34. The van der Waals surface area contributed by atoms with Crippen LogP contribution in [0.2, 0.25) is 5.02 Å². The molecule has 2 aromatic rings. The second-order valence-corrected chi connectivity index (χ2v) is 10.1. The minimum absolute atomic E-state index is 0.143. The normalized spacial score (nSPS) is 17.3. The third-order valence-corrected chi connectivity index (χ3v) is 7.47. The van der Waals surface area contributed by atoms with Crippen molar-refractivity contribution in [1.82, 2.24) is 4.31 Å². The van der Waals surface area contributed by atoms with Crippen molar-refractivity contribution < 1.29 is 13.2 Å². The fraction of sp³-hybridized carbons (Fsp3) is 0.381. The molecule has 8 heteroatoms. The number of hydrogen-bond donors (Lipinski definition) is 2. The maximum atomic E-state index is 12.8. The average Bonchev–Trinajstić information content (AvgIpc) is 2.68. The molecule has 0 radical (unpaired) electrons. The standard InChI is InChI=1S/C21H26ClN3O3S/c1-15(2)16-6-8-18(9-7-16)24-20(26)21(23)10-12-25(13-11-21)29(27,28)19-5-3-4-17(22)14-19/h3-9,14-15H,10-13,23H2,1-2H3,(H,24,26). The first kappa shape index (κ1) is 21.8. The molecule has 0 bridgehead atoms. The summed E-state index contributed by atoms with van der Waals surface area (Å²) in [4.78, 5) is 12.9. The summed E-state index contributed by atoms with van der Waals surface area (Å²) in [6.07, 6.45) is 0.478. The number of anilines is 1. The summed E-state index contributed by atoms with van der Waals surface area (Å²) in [5, 5.41) is 3.22. The molecule has 1 fully saturated rings. The molecule has 1 heterocycles. The minimum atomic E-state index is -3.67. The van der Waals surface area contributed by atoms with E-state index in [0.29, 0.717) is 16.6 Å². The summed E-state index contributed by atoms with van der Waals surface area (Å²) < 4.78 is 27.0. The SMILES string of the molecule is CC(C)c1ccc(NC(=O)C2(N)CCN(S(=O)(=O)c3cccc(Cl)c3)CC2)cc1. The Hall–Kier alpha value is -1.93. The fourth-order valence-corrected chi connectivity index (χ4v) is 5.08. The van der Waals surface area contributed by atoms with Gasteiger partial charge in [-0.25, -0.2) is 8.42 Å². The smallest absolute Gasteiger partial charge is 0.244 e. The van der Waals surface area contributed by atoms with E-state index < -0.39 is 15.6 Å². The van der Waals surface area contributed by atoms with Gasteiger partial charge in [-0.1, -0.05) is 43.6 Å². The number of nitrogens with two attached hydrogens (primary N) is 1. The van der Waals surface area contributed by atoms with E-state index in [9.17, 15) is 13.2 Å². The summed E-state index contributed by atoms with van der Waals surface area (Å²) in [5.74, 6) is 0.112. The van der Waals surface area contributed by atoms with Crippen molar-refractivity contribution in [3.8, 4) is 0 Å². The summed E-state index contributed by atoms with van der Waals surface area (Å²) in [5.41, 5.74) is 7.09. The van der Waals surface area contributed by atoms with Crippen molar-refractivity contribution in [2.75, 3.05) is 18.4 Å². The maximum Gasteiger partial charge on any atom is 0.244 e. The van der Waals surface area contributed by atoms with E-state index in [4.69, 9.17) is 17.3 Å². The Balaban J connectivity index is 1.66. The van der Waals surface area contributed by atoms with Crippen molar-refractivity contribution in [3.05, 3.63) is 59.1 Å². The van der Waals surface area contributed by atoms with Crippen LogP contribution < -0.4 is 11.1 Å². The molecule has 3 N–H and O–H groups in total. The Morgan fingerprint density at radius 1 is 1.14 bits per heavy atom. The molecule has 1 aliphatic heterocycles. The molecular formula is C21H26ClN3O3S. The summed E-state index contributed by atoms with van der Waals surface area (Å²) in [6.45, 7) is 4.55. The zero-order valence-electron chi connectivity index (χ0n) is 16.6. The van der Waals surface area contributed by atoms with Crippen LogP contribution in [0.25, 0.3) is 0 Å². The van der Waals surface area contributed by atoms with E-state index >= 15 is 0 Å². The molecule has 0 spiro atoms. The number of carbonyl (C=O) groups excluding carboxylic acids is 1. The van der Waals surface area contributed by atoms with Crippen molar-refractivity contribution in [2.45, 2.75) is 43.0 Å². The average molecular weight is 436 g/mol. The van der Waals surface area contributed by atoms with Gasteiger partial charge in [0.25, 0.3) is 0 Å². The molecule has 156 valence electrons. The first-order chi connectivity index (χ1) is 13.6. The van der Waals surface area contributed by atoms with Gasteiger partial charge in [-0.3, -0.25) is 4.79 Å². The van der Waals surface area contributed by atoms with Crippen LogP contribution in [-0.4, -0.2) is 37.3 Å². The van der Waals surface area contributed by atoms with Gasteiger partial charge in [0.05, 0.1) is 10.4 Å². The van der Waals surface area contributed by atoms with Crippen molar-refractivity contribution in [2.24, 2.45) is 5.73 Å². The highest BCUT2D eigenvalue weighted by Crippen LogP contribution is 2.27. The van der Waals surface area contributed by atoms with Crippen LogP contribution in [0, 0.1) is 0 Å². The molecule has 29 heavy (non-hydrogen) atoms. The number of benzene rings is 2. The molecule has 0 saturated carbocycles. The largest absolute Gasteiger partial charge is 0.324 e. The molecule has 1 amide bonds. The summed E-state index contributed by atoms with van der Waals surface area (Å²) >= 11 is 5.92. The van der Waals surface area contributed by atoms with Gasteiger partial charge in [0.15, 0.2) is 0 Å². The number of hydrogen-bond acceptors (Lipinski definition) is 4. The van der Waals surface area contributed by atoms with E-state index in [1.807, 2.05) is 24.3 Å². The fourth-order valence-electron chi connectivity index (χ4n) is 3.34. The van der Waals surface area contributed by atoms with Crippen LogP contribution in [0.3, 0.4) is 0 Å². The van der Waals surface area contributed by atoms with Crippen LogP contribution in [0.1, 0.15) is 38.2 Å². The zero-order valence-corrected chi connectivity index (χ0v) is 18.1. The number of nitrogens with zero attached hydrogens (tertiary/aromatic N) is 1. The zero-order chi connectivity index (χ0) is 21.2. The quantitative estimate of drug-likeness (QED) is 0.750. The molecule has 0 aromatic heterocycles. The lowest BCUT2D eigenvalue weighted by atomic mass is 9.88. The van der Waals surface area contributed by atoms with E-state index in [2.05, 4.69) is 19.2 Å². The van der Waals surface area contributed by atoms with Crippen LogP contribution in [0.5, 0.6) is 0 Å². The lowest BCUT2D eigenvalue weighted by Gasteiger charge is -2.37. The van der Waals surface area contributed by atoms with Gasteiger partial charge in [0.1, 0.15) is 0 Å². The molecule has 0 aliphatic carbocycles. The Kier molecular flexibility index (Phi) is 6.33. The topological polar surface area (TPSA) is 92.5 Å². The highest BCUT2D eigenvalue weighted by molar-refractivity contribution is 7.89. The van der Waals surface area contributed by atoms with Crippen LogP contribution >= 0.6 is 11.6 Å². The molecule has 3 rings (SSSR count). The van der Waals surface area contributed by atoms with Crippen LogP contribution in [0.4, 0.5) is 5.69 Å². The molecule has 1 saturated heterocycles. The molecule has 2 aromatic carbocycles. The van der Waals surface area contributed by atoms with Crippen LogP contribution in [0.15, 0.2) is 53.4 Å². The number of carbonyl (C=O) groups is 1. The van der Waals surface area contributed by atoms with E-state index in [1.54, 1.807) is 12.1 Å². The number of rotatable bonds is 5. The molecule has 1 aliphatic rings. The highest BCUT2D eigenvalue weighted by atomic mass is 35.5. The summed E-state index contributed by atoms with van der Waals surface area (Å²) in [7, 11) is -3.67. The predicted octanol–water partition coefficient (Wildman–Crippen LogP) is 3.58. The molecular weight excluding hydrogens is 410 g/mol. The Morgan fingerprint density at radius 3 is 2.31 bits per heavy atom. The van der Waals surface area contributed by atoms with Gasteiger partial charge in [0, 0.05) is 23.8 Å². The van der Waals surface area contributed by atoms with Gasteiger partial charge in [-0.2, -0.15) is 4.31 Å². The third kappa shape index (κ3) is 4.80. The van der Waals surface area contributed by atoms with Gasteiger partial charge in [-0.05, 0) is 54.7 Å². The molecule has 0 unspecified atom stereocenters. The lowest BCUT2D eigenvalue weighted by molar-refractivity contribution is -0.122. The lowest BCUT2D eigenvalue weighted by Crippen LogP contribution is -2.58.